The van der Waals surface area contributed by atoms with E-state index in [0.29, 0.717) is 35.7 Å². The van der Waals surface area contributed by atoms with Gasteiger partial charge in [0.05, 0.1) is 6.07 Å². The van der Waals surface area contributed by atoms with Crippen molar-refractivity contribution < 1.29 is 27.9 Å². The minimum atomic E-state index is -4.72. The summed E-state index contributed by atoms with van der Waals surface area (Å²) < 4.78 is 39.1. The van der Waals surface area contributed by atoms with E-state index >= 15 is 0 Å². The molecule has 1 aromatic heterocycles. The Morgan fingerprint density at radius 1 is 1.11 bits per heavy atom. The van der Waals surface area contributed by atoms with Gasteiger partial charge in [-0.15, -0.1) is 0 Å². The minimum Gasteiger partial charge on any atom is -0.380 e. The molecule has 2 amide bonds. The summed E-state index contributed by atoms with van der Waals surface area (Å²) in [5.74, 6) is 0.0492. The van der Waals surface area contributed by atoms with E-state index in [4.69, 9.17) is 0 Å². The number of alkyl halides is 3. The van der Waals surface area contributed by atoms with E-state index in [1.165, 1.54) is 4.90 Å². The third-order valence-corrected chi connectivity index (χ3v) is 7.70. The summed E-state index contributed by atoms with van der Waals surface area (Å²) in [5.41, 5.74) is -2.09. The number of likely N-dealkylation sites (tertiary alicyclic amines) is 1. The van der Waals surface area contributed by atoms with Crippen molar-refractivity contribution in [2.24, 2.45) is 11.3 Å². The highest BCUT2D eigenvalue weighted by molar-refractivity contribution is 6.02. The predicted octanol–water partition coefficient (Wildman–Crippen LogP) is 4.01. The van der Waals surface area contributed by atoms with Crippen LogP contribution in [0.2, 0.25) is 0 Å². The Kier molecular flexibility index (Phi) is 6.10. The third kappa shape index (κ3) is 4.50. The van der Waals surface area contributed by atoms with E-state index in [0.717, 1.165) is 12.8 Å². The van der Waals surface area contributed by atoms with Gasteiger partial charge in [0.2, 0.25) is 5.91 Å². The fraction of sp³-hybridized carbons (Fsp3) is 0.462. The molecule has 2 N–H and O–H groups in total. The maximum Gasteiger partial charge on any atom is 0.417 e. The van der Waals surface area contributed by atoms with Gasteiger partial charge in [-0.3, -0.25) is 9.59 Å². The number of piperidine rings is 1. The number of halogens is 3. The lowest BCUT2D eigenvalue weighted by Crippen LogP contribution is -2.54. The molecule has 1 atom stereocenters. The molecule has 1 aliphatic carbocycles. The van der Waals surface area contributed by atoms with Crippen LogP contribution in [0.4, 0.5) is 30.4 Å². The molecule has 0 bridgehead atoms. The van der Waals surface area contributed by atoms with Crippen molar-refractivity contribution in [3.05, 3.63) is 48.2 Å². The van der Waals surface area contributed by atoms with Gasteiger partial charge in [0.1, 0.15) is 11.2 Å². The molecule has 194 valence electrons. The lowest BCUT2D eigenvalue weighted by atomic mass is 9.83. The zero-order valence-corrected chi connectivity index (χ0v) is 20.0. The van der Waals surface area contributed by atoms with Crippen LogP contribution in [0.3, 0.4) is 0 Å². The second-order valence-corrected chi connectivity index (χ2v) is 9.99. The number of nitrogens with one attached hydrogen (secondary N) is 1. The minimum absolute atomic E-state index is 0.136. The Labute approximate surface area is 211 Å². The highest BCUT2D eigenvalue weighted by Gasteiger charge is 2.57. The van der Waals surface area contributed by atoms with E-state index in [1.807, 2.05) is 0 Å². The first-order valence-electron chi connectivity index (χ1n) is 12.2. The van der Waals surface area contributed by atoms with Crippen LogP contribution >= 0.6 is 0 Å². The fourth-order valence-corrected chi connectivity index (χ4v) is 5.18. The zero-order chi connectivity index (χ0) is 26.4. The monoisotopic (exact) mass is 513 g/mol. The maximum absolute atomic E-state index is 13.1. The number of aliphatic hydroxyl groups is 1. The van der Waals surface area contributed by atoms with Gasteiger partial charge in [0, 0.05) is 61.7 Å². The van der Waals surface area contributed by atoms with Crippen molar-refractivity contribution >= 4 is 29.0 Å². The number of pyridine rings is 1. The summed E-state index contributed by atoms with van der Waals surface area (Å²) in [4.78, 5) is 33.1. The van der Waals surface area contributed by atoms with Crippen LogP contribution in [0.25, 0.3) is 0 Å². The van der Waals surface area contributed by atoms with Crippen LogP contribution in [0.15, 0.2) is 42.6 Å². The Bertz CT molecular complexity index is 1250. The molecule has 0 unspecified atom stereocenters. The fourth-order valence-electron chi connectivity index (χ4n) is 5.18. The van der Waals surface area contributed by atoms with Gasteiger partial charge in [-0.2, -0.15) is 18.4 Å². The summed E-state index contributed by atoms with van der Waals surface area (Å²) in [7, 11) is 0. The lowest BCUT2D eigenvalue weighted by Gasteiger charge is -2.39. The molecular formula is C26H26F3N5O3. The number of nitriles is 1. The molecule has 1 aromatic carbocycles. The summed E-state index contributed by atoms with van der Waals surface area (Å²) in [6.45, 7) is 0.100. The van der Waals surface area contributed by atoms with Crippen molar-refractivity contribution in [2.75, 3.05) is 29.9 Å². The van der Waals surface area contributed by atoms with E-state index < -0.39 is 35.9 Å². The number of amides is 2. The van der Waals surface area contributed by atoms with Crippen LogP contribution in [0.1, 0.15) is 42.5 Å². The van der Waals surface area contributed by atoms with Gasteiger partial charge in [-0.25, -0.2) is 4.98 Å². The normalized spacial score (nSPS) is 23.6. The number of nitrogens with zero attached hydrogens (tertiary/aromatic N) is 4. The number of carbonyl (C=O) groups is 2. The third-order valence-electron chi connectivity index (χ3n) is 7.70. The van der Waals surface area contributed by atoms with Gasteiger partial charge >= 0.3 is 6.18 Å². The molecule has 11 heteroatoms. The van der Waals surface area contributed by atoms with Crippen LogP contribution < -0.4 is 10.2 Å². The Hall–Kier alpha value is -3.65. The van der Waals surface area contributed by atoms with Crippen molar-refractivity contribution in [1.29, 1.82) is 5.26 Å². The molecule has 3 heterocycles. The highest BCUT2D eigenvalue weighted by Crippen LogP contribution is 2.52. The van der Waals surface area contributed by atoms with Crippen molar-refractivity contribution in [2.45, 2.75) is 43.9 Å². The molecule has 8 nitrogen and oxygen atoms in total. The molecule has 3 fully saturated rings. The average Bonchev–Trinajstić information content (AvgIpc) is 3.68. The van der Waals surface area contributed by atoms with Crippen LogP contribution in [-0.2, 0) is 4.79 Å². The number of benzene rings is 1. The van der Waals surface area contributed by atoms with Crippen LogP contribution in [-0.4, -0.2) is 58.2 Å². The van der Waals surface area contributed by atoms with Gasteiger partial charge in [0.15, 0.2) is 5.60 Å². The largest absolute Gasteiger partial charge is 0.417 e. The van der Waals surface area contributed by atoms with E-state index in [2.05, 4.69) is 16.4 Å². The molecule has 2 aromatic rings. The van der Waals surface area contributed by atoms with Crippen molar-refractivity contribution in [1.82, 2.24) is 9.88 Å². The van der Waals surface area contributed by atoms with Gasteiger partial charge in [0.25, 0.3) is 5.91 Å². The van der Waals surface area contributed by atoms with Gasteiger partial charge in [-0.1, -0.05) is 0 Å². The molecule has 1 saturated carbocycles. The SMILES string of the molecule is N#C[C@@]1(C2CC2)CCN(c2ccnc(Nc3ccc(C(=O)N4CCC(O)(C(F)(F)F)CC4)cc3)c2)C1=O. The van der Waals surface area contributed by atoms with Crippen molar-refractivity contribution in [3.8, 4) is 6.07 Å². The van der Waals surface area contributed by atoms with Crippen LogP contribution in [0, 0.1) is 22.7 Å². The van der Waals surface area contributed by atoms with E-state index in [9.17, 15) is 33.1 Å². The standard InChI is InChI=1S/C26H26F3N5O3/c27-26(28,29)25(37)9-12-33(13-10-25)22(35)17-1-5-19(6-2-17)32-21-15-20(7-11-31-21)34-14-8-24(16-30,23(34)36)18-3-4-18/h1-2,5-7,11,15,18,37H,3-4,8-10,12-14H2,(H,31,32)/t24-/m1/s1. The molecule has 0 spiro atoms. The number of rotatable bonds is 5. The molecule has 5 rings (SSSR count). The molecule has 0 radical (unpaired) electrons. The number of aromatic nitrogens is 1. The number of hydrogen-bond acceptors (Lipinski definition) is 6. The first kappa shape index (κ1) is 25.0. The molecule has 2 saturated heterocycles. The number of carbonyl (C=O) groups excluding carboxylic acids is 2. The number of anilines is 3. The summed E-state index contributed by atoms with van der Waals surface area (Å²) in [5, 5.41) is 22.6. The van der Waals surface area contributed by atoms with Crippen molar-refractivity contribution in [3.63, 3.8) is 0 Å². The molecule has 2 aliphatic heterocycles. The Morgan fingerprint density at radius 2 is 1.78 bits per heavy atom. The topological polar surface area (TPSA) is 110 Å². The van der Waals surface area contributed by atoms with Crippen LogP contribution in [0.5, 0.6) is 0 Å². The molecule has 3 aliphatic rings. The Balaban J connectivity index is 1.23. The second-order valence-electron chi connectivity index (χ2n) is 9.99. The van der Waals surface area contributed by atoms with E-state index in [-0.39, 0.29) is 24.9 Å². The Morgan fingerprint density at radius 3 is 2.38 bits per heavy atom. The predicted molar refractivity (Wildman–Crippen MR) is 128 cm³/mol. The first-order chi connectivity index (χ1) is 17.6. The van der Waals surface area contributed by atoms with E-state index in [1.54, 1.807) is 47.5 Å². The quantitative estimate of drug-likeness (QED) is 0.625. The summed E-state index contributed by atoms with van der Waals surface area (Å²) in [6.07, 6.45) is -1.94. The van der Waals surface area contributed by atoms with Gasteiger partial charge in [-0.05, 0) is 55.5 Å². The summed E-state index contributed by atoms with van der Waals surface area (Å²) in [6, 6.07) is 12.2. The summed E-state index contributed by atoms with van der Waals surface area (Å²) >= 11 is 0. The number of hydrogen-bond donors (Lipinski definition) is 2. The lowest BCUT2D eigenvalue weighted by molar-refractivity contribution is -0.271. The highest BCUT2D eigenvalue weighted by atomic mass is 19.4. The first-order valence-corrected chi connectivity index (χ1v) is 12.2. The zero-order valence-electron chi connectivity index (χ0n) is 20.0. The smallest absolute Gasteiger partial charge is 0.380 e. The maximum atomic E-state index is 13.1. The average molecular weight is 514 g/mol. The molecular weight excluding hydrogens is 487 g/mol. The van der Waals surface area contributed by atoms with Gasteiger partial charge < -0.3 is 20.2 Å². The molecule has 37 heavy (non-hydrogen) atoms. The second kappa shape index (κ2) is 9.03.